The molecule has 2 aromatic rings. The van der Waals surface area contributed by atoms with Crippen LogP contribution in [0.3, 0.4) is 0 Å². The number of rotatable bonds is 6. The highest BCUT2D eigenvalue weighted by molar-refractivity contribution is 7.92. The molecule has 0 bridgehead atoms. The smallest absolute Gasteiger partial charge is 0.279 e. The Morgan fingerprint density at radius 2 is 2.19 bits per heavy atom. The Balaban J connectivity index is 2.37. The lowest BCUT2D eigenvalue weighted by molar-refractivity contribution is 0.417. The summed E-state index contributed by atoms with van der Waals surface area (Å²) < 4.78 is 32.4. The number of anilines is 1. The van der Waals surface area contributed by atoms with Crippen molar-refractivity contribution in [3.05, 3.63) is 35.0 Å². The van der Waals surface area contributed by atoms with Crippen LogP contribution in [0.5, 0.6) is 5.75 Å². The van der Waals surface area contributed by atoms with Crippen molar-refractivity contribution in [1.29, 1.82) is 0 Å². The van der Waals surface area contributed by atoms with Crippen molar-refractivity contribution in [2.24, 2.45) is 0 Å². The molecule has 0 unspecified atom stereocenters. The molecule has 0 aliphatic rings. The minimum atomic E-state index is -3.82. The number of nitrogens with zero attached hydrogens (tertiary/aromatic N) is 1. The standard InChI is InChI=1S/C12H15ClN4O3S/c1-14-6-8-7-15-16-12(8)21(18,19)17-10-5-9(13)3-4-11(10)20-2/h3-5,7,14,17H,6H2,1-2H3,(H,15,16). The number of H-pyrrole nitrogens is 1. The SMILES string of the molecule is CNCc1cn[nH]c1S(=O)(=O)Nc1cc(Cl)ccc1OC. The van der Waals surface area contributed by atoms with Crippen molar-refractivity contribution < 1.29 is 13.2 Å². The van der Waals surface area contributed by atoms with Crippen LogP contribution in [0.4, 0.5) is 5.69 Å². The van der Waals surface area contributed by atoms with Crippen LogP contribution < -0.4 is 14.8 Å². The molecule has 114 valence electrons. The summed E-state index contributed by atoms with van der Waals surface area (Å²) in [6, 6.07) is 4.68. The maximum atomic E-state index is 12.4. The van der Waals surface area contributed by atoms with E-state index in [9.17, 15) is 8.42 Å². The van der Waals surface area contributed by atoms with E-state index < -0.39 is 10.0 Å². The minimum absolute atomic E-state index is 0.00104. The molecule has 21 heavy (non-hydrogen) atoms. The van der Waals surface area contributed by atoms with Crippen molar-refractivity contribution in [3.8, 4) is 5.75 Å². The number of halogens is 1. The van der Waals surface area contributed by atoms with Gasteiger partial charge >= 0.3 is 0 Å². The van der Waals surface area contributed by atoms with Gasteiger partial charge < -0.3 is 10.1 Å². The Kier molecular flexibility index (Phi) is 4.71. The molecule has 0 atom stereocenters. The van der Waals surface area contributed by atoms with E-state index in [1.165, 1.54) is 19.4 Å². The molecule has 1 heterocycles. The van der Waals surface area contributed by atoms with Gasteiger partial charge in [0.2, 0.25) is 0 Å². The van der Waals surface area contributed by atoms with Gasteiger partial charge in [0.25, 0.3) is 10.0 Å². The molecule has 0 fully saturated rings. The van der Waals surface area contributed by atoms with Gasteiger partial charge in [-0.25, -0.2) is 0 Å². The summed E-state index contributed by atoms with van der Waals surface area (Å²) in [5.41, 5.74) is 0.793. The van der Waals surface area contributed by atoms with E-state index >= 15 is 0 Å². The van der Waals surface area contributed by atoms with Crippen LogP contribution in [0.25, 0.3) is 0 Å². The van der Waals surface area contributed by atoms with Crippen LogP contribution in [0.2, 0.25) is 5.02 Å². The molecule has 2 rings (SSSR count). The summed E-state index contributed by atoms with van der Waals surface area (Å²) in [6.45, 7) is 0.374. The fraction of sp³-hybridized carbons (Fsp3) is 0.250. The average molecular weight is 331 g/mol. The molecule has 0 aliphatic carbocycles. The number of hydrogen-bond acceptors (Lipinski definition) is 5. The van der Waals surface area contributed by atoms with E-state index in [0.29, 0.717) is 22.9 Å². The molecule has 1 aromatic carbocycles. The van der Waals surface area contributed by atoms with Crippen LogP contribution >= 0.6 is 11.6 Å². The molecular formula is C12H15ClN4O3S. The number of benzene rings is 1. The van der Waals surface area contributed by atoms with Crippen molar-refractivity contribution in [1.82, 2.24) is 15.5 Å². The van der Waals surface area contributed by atoms with Crippen LogP contribution in [0.15, 0.2) is 29.4 Å². The van der Waals surface area contributed by atoms with Crippen molar-refractivity contribution in [2.75, 3.05) is 18.9 Å². The molecule has 1 aromatic heterocycles. The van der Waals surface area contributed by atoms with E-state index in [0.717, 1.165) is 0 Å². The van der Waals surface area contributed by atoms with Crippen LogP contribution in [-0.2, 0) is 16.6 Å². The van der Waals surface area contributed by atoms with Gasteiger partial charge in [-0.05, 0) is 25.2 Å². The zero-order chi connectivity index (χ0) is 15.5. The lowest BCUT2D eigenvalue weighted by Gasteiger charge is -2.12. The molecular weight excluding hydrogens is 316 g/mol. The Morgan fingerprint density at radius 1 is 1.43 bits per heavy atom. The summed E-state index contributed by atoms with van der Waals surface area (Å²) in [4.78, 5) is 0. The van der Waals surface area contributed by atoms with Crippen LogP contribution in [0.1, 0.15) is 5.56 Å². The van der Waals surface area contributed by atoms with Gasteiger partial charge in [-0.1, -0.05) is 11.6 Å². The third-order valence-electron chi connectivity index (χ3n) is 2.72. The molecule has 0 spiro atoms. The summed E-state index contributed by atoms with van der Waals surface area (Å²) in [5, 5.41) is 9.53. The number of methoxy groups -OCH3 is 1. The van der Waals surface area contributed by atoms with Crippen LogP contribution in [-0.4, -0.2) is 32.8 Å². The van der Waals surface area contributed by atoms with Gasteiger partial charge in [0, 0.05) is 17.1 Å². The molecule has 0 saturated heterocycles. The maximum Gasteiger partial charge on any atom is 0.279 e. The summed E-state index contributed by atoms with van der Waals surface area (Å²) >= 11 is 5.89. The predicted octanol–water partition coefficient (Wildman–Crippen LogP) is 1.59. The van der Waals surface area contributed by atoms with Crippen LogP contribution in [0, 0.1) is 0 Å². The normalized spacial score (nSPS) is 11.4. The third kappa shape index (κ3) is 3.46. The maximum absolute atomic E-state index is 12.4. The number of ether oxygens (including phenoxy) is 1. The molecule has 0 radical (unpaired) electrons. The van der Waals surface area contributed by atoms with E-state index in [1.54, 1.807) is 19.2 Å². The minimum Gasteiger partial charge on any atom is -0.495 e. The molecule has 0 amide bonds. The number of hydrogen-bond donors (Lipinski definition) is 3. The second-order valence-corrected chi connectivity index (χ2v) is 6.26. The molecule has 0 aliphatic heterocycles. The number of nitrogens with one attached hydrogen (secondary N) is 3. The topological polar surface area (TPSA) is 96.1 Å². The van der Waals surface area contributed by atoms with Gasteiger partial charge in [-0.15, -0.1) is 0 Å². The Morgan fingerprint density at radius 3 is 2.86 bits per heavy atom. The summed E-state index contributed by atoms with van der Waals surface area (Å²) in [7, 11) is -0.652. The second kappa shape index (κ2) is 6.33. The molecule has 7 nitrogen and oxygen atoms in total. The van der Waals surface area contributed by atoms with Crippen molar-refractivity contribution >= 4 is 27.3 Å². The van der Waals surface area contributed by atoms with E-state index in [2.05, 4.69) is 20.2 Å². The zero-order valence-corrected chi connectivity index (χ0v) is 13.0. The average Bonchev–Trinajstić information content (AvgIpc) is 2.88. The highest BCUT2D eigenvalue weighted by Gasteiger charge is 2.22. The van der Waals surface area contributed by atoms with Gasteiger partial charge in [0.15, 0.2) is 5.03 Å². The third-order valence-corrected chi connectivity index (χ3v) is 4.33. The quantitative estimate of drug-likeness (QED) is 0.747. The number of sulfonamides is 1. The fourth-order valence-electron chi connectivity index (χ4n) is 1.80. The fourth-order valence-corrected chi connectivity index (χ4v) is 3.17. The highest BCUT2D eigenvalue weighted by Crippen LogP contribution is 2.29. The first-order valence-corrected chi connectivity index (χ1v) is 7.87. The molecule has 3 N–H and O–H groups in total. The second-order valence-electron chi connectivity index (χ2n) is 4.20. The first kappa shape index (κ1) is 15.6. The van der Waals surface area contributed by atoms with Crippen molar-refractivity contribution in [3.63, 3.8) is 0 Å². The van der Waals surface area contributed by atoms with Gasteiger partial charge in [-0.2, -0.15) is 13.5 Å². The number of aromatic nitrogens is 2. The summed E-state index contributed by atoms with van der Waals surface area (Å²) in [5.74, 6) is 0.373. The molecule has 0 saturated carbocycles. The van der Waals surface area contributed by atoms with Gasteiger partial charge in [0.05, 0.1) is 19.0 Å². The summed E-state index contributed by atoms with van der Waals surface area (Å²) in [6.07, 6.45) is 1.46. The van der Waals surface area contributed by atoms with Crippen molar-refractivity contribution in [2.45, 2.75) is 11.6 Å². The highest BCUT2D eigenvalue weighted by atomic mass is 35.5. The largest absolute Gasteiger partial charge is 0.495 e. The van der Waals surface area contributed by atoms with E-state index in [-0.39, 0.29) is 10.7 Å². The van der Waals surface area contributed by atoms with E-state index in [1.807, 2.05) is 0 Å². The van der Waals surface area contributed by atoms with E-state index in [4.69, 9.17) is 16.3 Å². The Labute approximate surface area is 127 Å². The lowest BCUT2D eigenvalue weighted by Crippen LogP contribution is -2.17. The monoisotopic (exact) mass is 330 g/mol. The first-order chi connectivity index (χ1) is 9.97. The molecule has 9 heteroatoms. The Bertz CT molecular complexity index is 730. The zero-order valence-electron chi connectivity index (χ0n) is 11.5. The van der Waals surface area contributed by atoms with Gasteiger partial charge in [-0.3, -0.25) is 9.82 Å². The lowest BCUT2D eigenvalue weighted by atomic mass is 10.3. The predicted molar refractivity (Wildman–Crippen MR) is 80.2 cm³/mol. The number of aromatic amines is 1. The Hall–Kier alpha value is -1.77. The van der Waals surface area contributed by atoms with Gasteiger partial charge in [0.1, 0.15) is 5.75 Å². The first-order valence-electron chi connectivity index (χ1n) is 6.01.